The third-order valence-corrected chi connectivity index (χ3v) is 3.33. The summed E-state index contributed by atoms with van der Waals surface area (Å²) in [6.45, 7) is 6.66. The van der Waals surface area contributed by atoms with Gasteiger partial charge in [-0.25, -0.2) is 0 Å². The predicted octanol–water partition coefficient (Wildman–Crippen LogP) is 3.13. The van der Waals surface area contributed by atoms with Gasteiger partial charge in [0.15, 0.2) is 5.79 Å². The van der Waals surface area contributed by atoms with Crippen molar-refractivity contribution in [2.45, 2.75) is 32.7 Å². The second-order valence-electron chi connectivity index (χ2n) is 4.47. The molecule has 88 valence electrons. The zero-order chi connectivity index (χ0) is 11.8. The fourth-order valence-electron chi connectivity index (χ4n) is 2.08. The van der Waals surface area contributed by atoms with E-state index in [1.165, 1.54) is 11.1 Å². The first kappa shape index (κ1) is 11.9. The highest BCUT2D eigenvalue weighted by atomic mass is 35.5. The standard InChI is InChI=1S/C13H17ClO2/c1-9-4-5-10(2)12(6-9)13(3)15-8-11(7-14)16-13/h4-6,11H,7-8H2,1-3H3. The third kappa shape index (κ3) is 2.10. The summed E-state index contributed by atoms with van der Waals surface area (Å²) in [4.78, 5) is 0. The molecule has 1 heterocycles. The molecule has 1 aromatic carbocycles. The molecule has 2 unspecified atom stereocenters. The maximum absolute atomic E-state index is 5.87. The fourth-order valence-corrected chi connectivity index (χ4v) is 2.23. The Kier molecular flexibility index (Phi) is 3.24. The van der Waals surface area contributed by atoms with Gasteiger partial charge >= 0.3 is 0 Å². The van der Waals surface area contributed by atoms with Crippen molar-refractivity contribution in [3.63, 3.8) is 0 Å². The third-order valence-electron chi connectivity index (χ3n) is 2.99. The van der Waals surface area contributed by atoms with Gasteiger partial charge in [0.2, 0.25) is 0 Å². The van der Waals surface area contributed by atoms with E-state index in [1.54, 1.807) is 0 Å². The molecule has 0 aliphatic carbocycles. The quantitative estimate of drug-likeness (QED) is 0.740. The molecule has 0 N–H and O–H groups in total. The molecular weight excluding hydrogens is 224 g/mol. The van der Waals surface area contributed by atoms with E-state index in [0.717, 1.165) is 5.56 Å². The molecule has 16 heavy (non-hydrogen) atoms. The van der Waals surface area contributed by atoms with E-state index in [0.29, 0.717) is 12.5 Å². The number of hydrogen-bond acceptors (Lipinski definition) is 2. The Morgan fingerprint density at radius 1 is 1.44 bits per heavy atom. The Hall–Kier alpha value is -0.570. The van der Waals surface area contributed by atoms with Gasteiger partial charge in [0.25, 0.3) is 0 Å². The minimum atomic E-state index is -0.643. The lowest BCUT2D eigenvalue weighted by atomic mass is 9.99. The van der Waals surface area contributed by atoms with Crippen LogP contribution in [0, 0.1) is 13.8 Å². The first-order valence-electron chi connectivity index (χ1n) is 5.50. The van der Waals surface area contributed by atoms with Crippen molar-refractivity contribution >= 4 is 11.6 Å². The highest BCUT2D eigenvalue weighted by molar-refractivity contribution is 6.18. The number of alkyl halides is 1. The molecule has 2 rings (SSSR count). The van der Waals surface area contributed by atoms with Crippen LogP contribution in [0.5, 0.6) is 0 Å². The van der Waals surface area contributed by atoms with Gasteiger partial charge in [-0.3, -0.25) is 0 Å². The van der Waals surface area contributed by atoms with E-state index in [1.807, 2.05) is 6.92 Å². The molecule has 0 radical (unpaired) electrons. The van der Waals surface area contributed by atoms with Crippen LogP contribution in [0.15, 0.2) is 18.2 Å². The molecule has 0 amide bonds. The van der Waals surface area contributed by atoms with Gasteiger partial charge in [0.1, 0.15) is 0 Å². The average Bonchev–Trinajstić information content (AvgIpc) is 2.65. The van der Waals surface area contributed by atoms with Gasteiger partial charge in [-0.2, -0.15) is 0 Å². The normalized spacial score (nSPS) is 29.6. The molecule has 1 aromatic rings. The van der Waals surface area contributed by atoms with Crippen LogP contribution >= 0.6 is 11.6 Å². The lowest BCUT2D eigenvalue weighted by molar-refractivity contribution is -0.159. The van der Waals surface area contributed by atoms with E-state index in [4.69, 9.17) is 21.1 Å². The number of hydrogen-bond donors (Lipinski definition) is 0. The molecule has 0 spiro atoms. The van der Waals surface area contributed by atoms with Crippen LogP contribution < -0.4 is 0 Å². The number of aryl methyl sites for hydroxylation is 2. The lowest BCUT2D eigenvalue weighted by Gasteiger charge is -2.25. The monoisotopic (exact) mass is 240 g/mol. The topological polar surface area (TPSA) is 18.5 Å². The first-order valence-corrected chi connectivity index (χ1v) is 6.04. The van der Waals surface area contributed by atoms with Gasteiger partial charge < -0.3 is 9.47 Å². The van der Waals surface area contributed by atoms with Crippen molar-refractivity contribution in [3.05, 3.63) is 34.9 Å². The summed E-state index contributed by atoms with van der Waals surface area (Å²) in [6.07, 6.45) is -0.00780. The summed E-state index contributed by atoms with van der Waals surface area (Å²) < 4.78 is 11.6. The smallest absolute Gasteiger partial charge is 0.192 e. The highest BCUT2D eigenvalue weighted by Crippen LogP contribution is 2.36. The Morgan fingerprint density at radius 3 is 2.81 bits per heavy atom. The first-order chi connectivity index (χ1) is 7.55. The van der Waals surface area contributed by atoms with Gasteiger partial charge in [0, 0.05) is 5.56 Å². The van der Waals surface area contributed by atoms with E-state index in [9.17, 15) is 0 Å². The van der Waals surface area contributed by atoms with Crippen LogP contribution in [0.3, 0.4) is 0 Å². The summed E-state index contributed by atoms with van der Waals surface area (Å²) >= 11 is 5.79. The zero-order valence-electron chi connectivity index (χ0n) is 9.92. The van der Waals surface area contributed by atoms with E-state index >= 15 is 0 Å². The molecule has 1 saturated heterocycles. The molecule has 0 aromatic heterocycles. The average molecular weight is 241 g/mol. The second kappa shape index (κ2) is 4.36. The van der Waals surface area contributed by atoms with Gasteiger partial charge in [-0.15, -0.1) is 11.6 Å². The van der Waals surface area contributed by atoms with Gasteiger partial charge in [-0.1, -0.05) is 23.8 Å². The van der Waals surface area contributed by atoms with Crippen LogP contribution in [-0.4, -0.2) is 18.6 Å². The number of benzene rings is 1. The minimum Gasteiger partial charge on any atom is -0.343 e. The predicted molar refractivity (Wildman–Crippen MR) is 64.8 cm³/mol. The highest BCUT2D eigenvalue weighted by Gasteiger charge is 2.39. The zero-order valence-corrected chi connectivity index (χ0v) is 10.7. The molecule has 0 saturated carbocycles. The van der Waals surface area contributed by atoms with Crippen molar-refractivity contribution in [1.82, 2.24) is 0 Å². The van der Waals surface area contributed by atoms with Crippen molar-refractivity contribution in [2.75, 3.05) is 12.5 Å². The van der Waals surface area contributed by atoms with Crippen LogP contribution in [-0.2, 0) is 15.3 Å². The Morgan fingerprint density at radius 2 is 2.19 bits per heavy atom. The molecular formula is C13H17ClO2. The van der Waals surface area contributed by atoms with Gasteiger partial charge in [-0.05, 0) is 26.3 Å². The van der Waals surface area contributed by atoms with Crippen molar-refractivity contribution in [2.24, 2.45) is 0 Å². The Bertz CT molecular complexity index is 392. The van der Waals surface area contributed by atoms with Crippen molar-refractivity contribution in [1.29, 1.82) is 0 Å². The van der Waals surface area contributed by atoms with Crippen LogP contribution in [0.2, 0.25) is 0 Å². The SMILES string of the molecule is Cc1ccc(C)c(C2(C)OCC(CCl)O2)c1. The molecule has 3 heteroatoms. The van der Waals surface area contributed by atoms with Gasteiger partial charge in [0.05, 0.1) is 18.6 Å². The molecule has 2 atom stereocenters. The van der Waals surface area contributed by atoms with E-state index in [-0.39, 0.29) is 6.10 Å². The van der Waals surface area contributed by atoms with Crippen LogP contribution in [0.25, 0.3) is 0 Å². The summed E-state index contributed by atoms with van der Waals surface area (Å²) in [5.41, 5.74) is 3.49. The summed E-state index contributed by atoms with van der Waals surface area (Å²) in [5, 5.41) is 0. The lowest BCUT2D eigenvalue weighted by Crippen LogP contribution is -2.25. The molecule has 1 aliphatic heterocycles. The maximum Gasteiger partial charge on any atom is 0.192 e. The van der Waals surface area contributed by atoms with Crippen LogP contribution in [0.1, 0.15) is 23.6 Å². The number of ether oxygens (including phenoxy) is 2. The van der Waals surface area contributed by atoms with Crippen LogP contribution in [0.4, 0.5) is 0 Å². The van der Waals surface area contributed by atoms with Crippen molar-refractivity contribution < 1.29 is 9.47 Å². The number of halogens is 1. The second-order valence-corrected chi connectivity index (χ2v) is 4.78. The summed E-state index contributed by atoms with van der Waals surface area (Å²) in [7, 11) is 0. The molecule has 1 aliphatic rings. The van der Waals surface area contributed by atoms with E-state index < -0.39 is 5.79 Å². The largest absolute Gasteiger partial charge is 0.343 e. The fraction of sp³-hybridized carbons (Fsp3) is 0.538. The molecule has 0 bridgehead atoms. The maximum atomic E-state index is 5.87. The summed E-state index contributed by atoms with van der Waals surface area (Å²) in [6, 6.07) is 6.30. The minimum absolute atomic E-state index is 0.00780. The van der Waals surface area contributed by atoms with Crippen molar-refractivity contribution in [3.8, 4) is 0 Å². The summed E-state index contributed by atoms with van der Waals surface area (Å²) in [5.74, 6) is -0.171. The van der Waals surface area contributed by atoms with E-state index in [2.05, 4.69) is 32.0 Å². The Balaban J connectivity index is 2.33. The molecule has 1 fully saturated rings. The Labute approximate surface area is 102 Å². The number of rotatable bonds is 2. The molecule has 2 nitrogen and oxygen atoms in total.